The average Bonchev–Trinajstić information content (AvgIpc) is 2.96. The van der Waals surface area contributed by atoms with Crippen molar-refractivity contribution >= 4 is 52.9 Å². The van der Waals surface area contributed by atoms with Crippen LogP contribution in [0.5, 0.6) is 0 Å². The maximum Gasteiger partial charge on any atom is 0.303 e. The lowest BCUT2D eigenvalue weighted by Gasteiger charge is -2.35. The molecule has 1 amide bonds. The zero-order valence-corrected chi connectivity index (χ0v) is 26.2. The highest BCUT2D eigenvalue weighted by atomic mass is 32.1. The minimum atomic E-state index is -1.32. The minimum Gasteiger partial charge on any atom is -0.549 e. The van der Waals surface area contributed by atoms with Gasteiger partial charge in [-0.2, -0.15) is 4.99 Å². The summed E-state index contributed by atoms with van der Waals surface area (Å²) in [6.45, 7) is 0.408. The van der Waals surface area contributed by atoms with Gasteiger partial charge in [0.25, 0.3) is 0 Å². The highest BCUT2D eigenvalue weighted by molar-refractivity contribution is 7.78. The molecule has 0 aromatic heterocycles. The van der Waals surface area contributed by atoms with Gasteiger partial charge in [-0.15, -0.1) is 0 Å². The Hall–Kier alpha value is -3.83. The van der Waals surface area contributed by atoms with Crippen LogP contribution in [0.1, 0.15) is 24.3 Å². The van der Waals surface area contributed by atoms with Gasteiger partial charge in [0.05, 0.1) is 41.3 Å². The number of thiocarbonyl (C=S) groups is 1. The number of nitrogens with one attached hydrogen (secondary N) is 1. The van der Waals surface area contributed by atoms with Crippen LogP contribution in [-0.2, 0) is 24.0 Å². The number of carboxylic acids is 4. The Kier molecular flexibility index (Phi) is 16.9. The third kappa shape index (κ3) is 15.9. The number of hydrogen-bond acceptors (Lipinski definition) is 15. The van der Waals surface area contributed by atoms with Crippen molar-refractivity contribution in [3.8, 4) is 0 Å². The van der Waals surface area contributed by atoms with Crippen LogP contribution in [0.15, 0.2) is 29.3 Å². The Morgan fingerprint density at radius 3 is 1.61 bits per heavy atom. The number of carboxylic acid groups (broad SMARTS) is 4. The van der Waals surface area contributed by atoms with Crippen LogP contribution in [0.2, 0.25) is 0 Å². The second-order valence-electron chi connectivity index (χ2n) is 11.0. The highest BCUT2D eigenvalue weighted by Crippen LogP contribution is 2.25. The maximum atomic E-state index is 12.8. The normalized spacial score (nSPS) is 17.4. The first-order chi connectivity index (χ1) is 21.8. The Balaban J connectivity index is 2.05. The Bertz CT molecular complexity index is 1200. The maximum absolute atomic E-state index is 12.8. The fraction of sp³-hybridized carbons (Fsp3) is 0.586. The van der Waals surface area contributed by atoms with Crippen molar-refractivity contribution in [3.63, 3.8) is 0 Å². The van der Waals surface area contributed by atoms with Gasteiger partial charge in [0.1, 0.15) is 0 Å². The number of isothiocyanates is 1. The van der Waals surface area contributed by atoms with Crippen molar-refractivity contribution < 1.29 is 49.5 Å². The number of benzene rings is 1. The van der Waals surface area contributed by atoms with E-state index in [0.29, 0.717) is 11.3 Å². The molecule has 0 bridgehead atoms. The molecule has 1 aliphatic rings. The second kappa shape index (κ2) is 20.3. The monoisotopic (exact) mass is 663 g/mol. The van der Waals surface area contributed by atoms with Gasteiger partial charge in [0.15, 0.2) is 0 Å². The van der Waals surface area contributed by atoms with Gasteiger partial charge in [-0.25, -0.2) is 0 Å². The molecule has 1 fully saturated rings. The van der Waals surface area contributed by atoms with Crippen LogP contribution < -0.4 is 20.6 Å². The molecule has 16 nitrogen and oxygen atoms in total. The number of nitrogens with zero attached hydrogens (tertiary/aromatic N) is 5. The van der Waals surface area contributed by atoms with Gasteiger partial charge in [0, 0.05) is 97.4 Å². The molecular formula is C29H39N6O10S-3. The van der Waals surface area contributed by atoms with Gasteiger partial charge in [-0.1, -0.05) is 12.1 Å². The zero-order valence-electron chi connectivity index (χ0n) is 25.4. The molecule has 0 saturated carbocycles. The van der Waals surface area contributed by atoms with Crippen LogP contribution in [-0.4, -0.2) is 156 Å². The quantitative estimate of drug-likeness (QED) is 0.111. The summed E-state index contributed by atoms with van der Waals surface area (Å²) in [4.78, 5) is 68.5. The first kappa shape index (κ1) is 38.4. The molecule has 254 valence electrons. The van der Waals surface area contributed by atoms with Crippen LogP contribution in [0.3, 0.4) is 0 Å². The van der Waals surface area contributed by atoms with Gasteiger partial charge in [0.2, 0.25) is 5.91 Å². The number of aliphatic carboxylic acids is 4. The van der Waals surface area contributed by atoms with Crippen LogP contribution in [0.25, 0.3) is 0 Å². The van der Waals surface area contributed by atoms with E-state index in [-0.39, 0.29) is 78.3 Å². The third-order valence-corrected chi connectivity index (χ3v) is 7.48. The smallest absolute Gasteiger partial charge is 0.303 e. The molecule has 2 rings (SSSR count). The van der Waals surface area contributed by atoms with Crippen molar-refractivity contribution in [2.75, 3.05) is 85.1 Å². The van der Waals surface area contributed by atoms with E-state index in [1.54, 1.807) is 39.0 Å². The molecular weight excluding hydrogens is 624 g/mol. The number of carbonyl (C=O) groups is 5. The van der Waals surface area contributed by atoms with Crippen LogP contribution in [0.4, 0.5) is 5.69 Å². The number of carbonyl (C=O) groups excluding carboxylic acids is 4. The largest absolute Gasteiger partial charge is 0.549 e. The van der Waals surface area contributed by atoms with E-state index in [0.717, 1.165) is 0 Å². The van der Waals surface area contributed by atoms with E-state index in [1.807, 2.05) is 0 Å². The fourth-order valence-corrected chi connectivity index (χ4v) is 5.17. The molecule has 46 heavy (non-hydrogen) atoms. The first-order valence-corrected chi connectivity index (χ1v) is 15.1. The second-order valence-corrected chi connectivity index (χ2v) is 11.2. The molecule has 2 atom stereocenters. The minimum absolute atomic E-state index is 0.0514. The van der Waals surface area contributed by atoms with Crippen molar-refractivity contribution in [2.45, 2.75) is 24.9 Å². The predicted octanol–water partition coefficient (Wildman–Crippen LogP) is -4.68. The Labute approximate surface area is 271 Å². The zero-order chi connectivity index (χ0) is 34.1. The summed E-state index contributed by atoms with van der Waals surface area (Å²) < 4.78 is 0. The summed E-state index contributed by atoms with van der Waals surface area (Å²) in [6, 6.07) is 6.58. The SMILES string of the molecule is O=C([O-])CN1CCN(CC(=O)[O-])CCN(CC(O)CNC(=O)CC(CC(=O)O)c2ccc(N=C=S)cc2)CCN(CC(=O)[O-])CC1. The Morgan fingerprint density at radius 1 is 0.783 bits per heavy atom. The van der Waals surface area contributed by atoms with Crippen molar-refractivity contribution in [2.24, 2.45) is 4.99 Å². The van der Waals surface area contributed by atoms with E-state index < -0.39 is 61.4 Å². The van der Waals surface area contributed by atoms with Gasteiger partial charge in [-0.3, -0.25) is 29.2 Å². The van der Waals surface area contributed by atoms with Crippen LogP contribution >= 0.6 is 12.2 Å². The van der Waals surface area contributed by atoms with E-state index in [9.17, 15) is 49.5 Å². The first-order valence-electron chi connectivity index (χ1n) is 14.7. The third-order valence-electron chi connectivity index (χ3n) is 7.38. The van der Waals surface area contributed by atoms with Gasteiger partial charge >= 0.3 is 5.97 Å². The molecule has 1 saturated heterocycles. The Morgan fingerprint density at radius 2 is 1.22 bits per heavy atom. The summed E-state index contributed by atoms with van der Waals surface area (Å²) in [7, 11) is 0. The van der Waals surface area contributed by atoms with Crippen molar-refractivity contribution in [3.05, 3.63) is 29.8 Å². The molecule has 1 heterocycles. The lowest BCUT2D eigenvalue weighted by molar-refractivity contribution is -0.308. The number of hydrogen-bond donors (Lipinski definition) is 3. The van der Waals surface area contributed by atoms with Gasteiger partial charge in [-0.05, 0) is 29.9 Å². The highest BCUT2D eigenvalue weighted by Gasteiger charge is 2.22. The van der Waals surface area contributed by atoms with Crippen molar-refractivity contribution in [1.29, 1.82) is 0 Å². The number of aliphatic imine (C=N–C) groups is 1. The summed E-state index contributed by atoms with van der Waals surface area (Å²) in [6.07, 6.45) is -1.51. The number of β-amino-alcohol motifs (C(OH)–C–C–N with tert-alkyl or cyclic N) is 1. The summed E-state index contributed by atoms with van der Waals surface area (Å²) >= 11 is 4.58. The van der Waals surface area contributed by atoms with E-state index >= 15 is 0 Å². The standard InChI is InChI=1S/C29H42N6O10S/c36-24(15-30-25(37)13-22(14-26(38)39)21-1-3-23(4-2-21)31-20-46)16-32-5-7-33(17-27(40)41)9-11-35(19-29(44)45)12-10-34(8-6-32)18-28(42)43/h1-4,22,24,36H,5-19H2,(H,30,37)(H,38,39)(H,40,41)(H,42,43)(H,44,45)/p-3. The molecule has 0 aliphatic carbocycles. The summed E-state index contributed by atoms with van der Waals surface area (Å²) in [5, 5.41) is 58.9. The number of rotatable bonds is 16. The average molecular weight is 664 g/mol. The number of aliphatic hydroxyl groups is 1. The molecule has 3 N–H and O–H groups in total. The molecule has 1 aromatic carbocycles. The molecule has 17 heteroatoms. The number of amides is 1. The summed E-state index contributed by atoms with van der Waals surface area (Å²) in [5.41, 5.74) is 1.15. The fourth-order valence-electron chi connectivity index (χ4n) is 5.07. The van der Waals surface area contributed by atoms with E-state index in [2.05, 4.69) is 27.7 Å². The van der Waals surface area contributed by atoms with Crippen LogP contribution in [0, 0.1) is 0 Å². The molecule has 1 aromatic rings. The predicted molar refractivity (Wildman–Crippen MR) is 161 cm³/mol. The molecule has 0 radical (unpaired) electrons. The topological polar surface area (TPSA) is 232 Å². The van der Waals surface area contributed by atoms with E-state index in [4.69, 9.17) is 0 Å². The lowest BCUT2D eigenvalue weighted by Crippen LogP contribution is -2.52. The van der Waals surface area contributed by atoms with Crippen molar-refractivity contribution in [1.82, 2.24) is 24.9 Å². The summed E-state index contributed by atoms with van der Waals surface area (Å²) in [5.74, 6) is -6.13. The molecule has 2 unspecified atom stereocenters. The lowest BCUT2D eigenvalue weighted by atomic mass is 9.92. The number of aliphatic hydroxyl groups excluding tert-OH is 1. The molecule has 0 spiro atoms. The molecule has 1 aliphatic heterocycles. The van der Waals surface area contributed by atoms with E-state index in [1.165, 1.54) is 4.90 Å². The van der Waals surface area contributed by atoms with Gasteiger partial charge < -0.3 is 45.2 Å².